The third-order valence-corrected chi connectivity index (χ3v) is 5.54. The highest BCUT2D eigenvalue weighted by molar-refractivity contribution is 5.94. The van der Waals surface area contributed by atoms with Crippen molar-refractivity contribution < 1.29 is 4.79 Å². The van der Waals surface area contributed by atoms with E-state index in [9.17, 15) is 9.59 Å². The van der Waals surface area contributed by atoms with E-state index >= 15 is 0 Å². The average molecular weight is 438 g/mol. The van der Waals surface area contributed by atoms with Crippen LogP contribution >= 0.6 is 0 Å². The smallest absolute Gasteiger partial charge is 0.269 e. The molecule has 33 heavy (non-hydrogen) atoms. The van der Waals surface area contributed by atoms with Crippen molar-refractivity contribution in [2.45, 2.75) is 20.0 Å². The number of fused-ring (bicyclic) bond motifs is 2. The molecular weight excluding hydrogens is 416 g/mol. The van der Waals surface area contributed by atoms with Crippen molar-refractivity contribution >= 4 is 27.8 Å². The molecule has 164 valence electrons. The summed E-state index contributed by atoms with van der Waals surface area (Å²) >= 11 is 0. The zero-order valence-electron chi connectivity index (χ0n) is 18.1. The molecule has 8 heteroatoms. The van der Waals surface area contributed by atoms with Gasteiger partial charge in [0.05, 0.1) is 24.8 Å². The molecule has 0 aliphatic carbocycles. The molecule has 0 aliphatic rings. The molecule has 0 radical (unpaired) electrons. The van der Waals surface area contributed by atoms with Gasteiger partial charge in [0.25, 0.3) is 11.5 Å². The highest BCUT2D eigenvalue weighted by atomic mass is 16.2. The number of pyridine rings is 1. The van der Waals surface area contributed by atoms with Crippen LogP contribution in [0.3, 0.4) is 0 Å². The molecule has 0 saturated carbocycles. The number of hydrogen-bond donors (Lipinski definition) is 1. The van der Waals surface area contributed by atoms with E-state index in [1.807, 2.05) is 61.5 Å². The second-order valence-corrected chi connectivity index (χ2v) is 7.91. The molecule has 8 nitrogen and oxygen atoms in total. The van der Waals surface area contributed by atoms with Crippen LogP contribution in [0.5, 0.6) is 0 Å². The number of carbonyl (C=O) groups excluding carboxylic acids is 1. The van der Waals surface area contributed by atoms with Gasteiger partial charge in [0, 0.05) is 11.9 Å². The minimum Gasteiger partial charge on any atom is -0.349 e. The summed E-state index contributed by atoms with van der Waals surface area (Å²) in [6.07, 6.45) is 3.07. The SMILES string of the molecule is Cc1ccc(Cn2cnc3c(cnn3CCNC(=O)c3ccc4ccccc4n3)c2=O)cc1. The zero-order valence-corrected chi connectivity index (χ0v) is 18.1. The van der Waals surface area contributed by atoms with Crippen molar-refractivity contribution in [1.29, 1.82) is 0 Å². The fourth-order valence-electron chi connectivity index (χ4n) is 3.72. The van der Waals surface area contributed by atoms with E-state index in [0.29, 0.717) is 36.4 Å². The Balaban J connectivity index is 1.27. The molecule has 0 saturated heterocycles. The number of aryl methyl sites for hydroxylation is 1. The van der Waals surface area contributed by atoms with E-state index < -0.39 is 0 Å². The topological polar surface area (TPSA) is 94.7 Å². The van der Waals surface area contributed by atoms with Crippen LogP contribution in [-0.4, -0.2) is 36.8 Å². The molecule has 3 heterocycles. The minimum atomic E-state index is -0.259. The third kappa shape index (κ3) is 4.23. The lowest BCUT2D eigenvalue weighted by atomic mass is 10.1. The first-order valence-electron chi connectivity index (χ1n) is 10.7. The van der Waals surface area contributed by atoms with Gasteiger partial charge in [-0.1, -0.05) is 54.1 Å². The summed E-state index contributed by atoms with van der Waals surface area (Å²) in [4.78, 5) is 34.2. The van der Waals surface area contributed by atoms with E-state index in [1.54, 1.807) is 21.6 Å². The third-order valence-electron chi connectivity index (χ3n) is 5.54. The summed E-state index contributed by atoms with van der Waals surface area (Å²) in [7, 11) is 0. The average Bonchev–Trinajstić information content (AvgIpc) is 3.25. The van der Waals surface area contributed by atoms with E-state index in [0.717, 1.165) is 16.5 Å². The molecule has 0 bridgehead atoms. The highest BCUT2D eigenvalue weighted by Gasteiger charge is 2.12. The normalized spacial score (nSPS) is 11.2. The van der Waals surface area contributed by atoms with Crippen LogP contribution in [-0.2, 0) is 13.1 Å². The molecule has 1 amide bonds. The summed E-state index contributed by atoms with van der Waals surface area (Å²) in [5, 5.41) is 8.59. The first kappa shape index (κ1) is 20.6. The molecular formula is C25H22N6O2. The standard InChI is InChI=1S/C25H22N6O2/c1-17-6-8-18(9-7-17)15-30-16-27-23-20(25(30)33)14-28-31(23)13-12-26-24(32)22-11-10-19-4-2-3-5-21(19)29-22/h2-11,14,16H,12-13,15H2,1H3,(H,26,32). The van der Waals surface area contributed by atoms with Gasteiger partial charge in [-0.05, 0) is 24.6 Å². The number of nitrogens with one attached hydrogen (secondary N) is 1. The van der Waals surface area contributed by atoms with Gasteiger partial charge in [-0.25, -0.2) is 14.6 Å². The molecule has 3 aromatic heterocycles. The van der Waals surface area contributed by atoms with Crippen LogP contribution in [0, 0.1) is 6.92 Å². The summed E-state index contributed by atoms with van der Waals surface area (Å²) in [6, 6.07) is 19.3. The van der Waals surface area contributed by atoms with E-state index in [2.05, 4.69) is 20.4 Å². The molecule has 0 atom stereocenters. The first-order chi connectivity index (χ1) is 16.1. The van der Waals surface area contributed by atoms with Crippen LogP contribution < -0.4 is 10.9 Å². The Labute approximate surface area is 189 Å². The summed E-state index contributed by atoms with van der Waals surface area (Å²) in [5.41, 5.74) is 3.69. The lowest BCUT2D eigenvalue weighted by molar-refractivity contribution is 0.0947. The largest absolute Gasteiger partial charge is 0.349 e. The minimum absolute atomic E-state index is 0.142. The van der Waals surface area contributed by atoms with Gasteiger partial charge in [-0.2, -0.15) is 5.10 Å². The van der Waals surface area contributed by atoms with Gasteiger partial charge in [0.15, 0.2) is 5.65 Å². The number of nitrogens with zero attached hydrogens (tertiary/aromatic N) is 5. The van der Waals surface area contributed by atoms with Crippen LogP contribution in [0.15, 0.2) is 78.0 Å². The maximum absolute atomic E-state index is 12.9. The lowest BCUT2D eigenvalue weighted by Crippen LogP contribution is -2.28. The predicted molar refractivity (Wildman–Crippen MR) is 126 cm³/mol. The Bertz CT molecular complexity index is 1520. The lowest BCUT2D eigenvalue weighted by Gasteiger charge is -2.08. The Morgan fingerprint density at radius 1 is 1.03 bits per heavy atom. The number of hydrogen-bond acceptors (Lipinski definition) is 5. The Hall–Kier alpha value is -4.33. The monoisotopic (exact) mass is 438 g/mol. The van der Waals surface area contributed by atoms with Crippen molar-refractivity contribution in [2.24, 2.45) is 0 Å². The number of amides is 1. The number of carbonyl (C=O) groups is 1. The number of rotatable bonds is 6. The highest BCUT2D eigenvalue weighted by Crippen LogP contribution is 2.12. The Morgan fingerprint density at radius 3 is 2.70 bits per heavy atom. The molecule has 0 spiro atoms. The van der Waals surface area contributed by atoms with Gasteiger partial charge in [-0.15, -0.1) is 0 Å². The summed E-state index contributed by atoms with van der Waals surface area (Å²) in [5.74, 6) is -0.259. The van der Waals surface area contributed by atoms with Crippen LogP contribution in [0.2, 0.25) is 0 Å². The maximum atomic E-state index is 12.9. The molecule has 0 unspecified atom stereocenters. The van der Waals surface area contributed by atoms with Crippen molar-refractivity contribution in [3.63, 3.8) is 0 Å². The fourth-order valence-corrected chi connectivity index (χ4v) is 3.72. The quantitative estimate of drug-likeness (QED) is 0.440. The van der Waals surface area contributed by atoms with E-state index in [4.69, 9.17) is 0 Å². The molecule has 2 aromatic carbocycles. The van der Waals surface area contributed by atoms with Crippen LogP contribution in [0.25, 0.3) is 21.9 Å². The molecule has 0 fully saturated rings. The van der Waals surface area contributed by atoms with Crippen molar-refractivity contribution in [2.75, 3.05) is 6.54 Å². The second kappa shape index (κ2) is 8.66. The number of benzene rings is 2. The van der Waals surface area contributed by atoms with Gasteiger partial charge >= 0.3 is 0 Å². The Kier molecular flexibility index (Phi) is 5.40. The van der Waals surface area contributed by atoms with Gasteiger partial charge in [-0.3, -0.25) is 14.2 Å². The predicted octanol–water partition coefficient (Wildman–Crippen LogP) is 2.93. The van der Waals surface area contributed by atoms with Crippen LogP contribution in [0.4, 0.5) is 0 Å². The van der Waals surface area contributed by atoms with E-state index in [1.165, 1.54) is 11.8 Å². The van der Waals surface area contributed by atoms with Crippen molar-refractivity contribution in [3.05, 3.63) is 100 Å². The summed E-state index contributed by atoms with van der Waals surface area (Å²) < 4.78 is 3.20. The van der Waals surface area contributed by atoms with Crippen molar-refractivity contribution in [3.8, 4) is 0 Å². The molecule has 0 aliphatic heterocycles. The fraction of sp³-hybridized carbons (Fsp3) is 0.160. The number of para-hydroxylation sites is 1. The van der Waals surface area contributed by atoms with Crippen molar-refractivity contribution in [1.82, 2.24) is 29.6 Å². The second-order valence-electron chi connectivity index (χ2n) is 7.91. The van der Waals surface area contributed by atoms with E-state index in [-0.39, 0.29) is 11.5 Å². The molecule has 5 rings (SSSR count). The zero-order chi connectivity index (χ0) is 22.8. The van der Waals surface area contributed by atoms with Gasteiger partial charge in [0.2, 0.25) is 0 Å². The first-order valence-corrected chi connectivity index (χ1v) is 10.7. The maximum Gasteiger partial charge on any atom is 0.269 e. The van der Waals surface area contributed by atoms with Gasteiger partial charge in [0.1, 0.15) is 17.4 Å². The molecule has 5 aromatic rings. The van der Waals surface area contributed by atoms with Crippen LogP contribution in [0.1, 0.15) is 21.6 Å². The summed E-state index contributed by atoms with van der Waals surface area (Å²) in [6.45, 7) is 3.19. The number of aromatic nitrogens is 5. The van der Waals surface area contributed by atoms with Gasteiger partial charge < -0.3 is 5.32 Å². The molecule has 1 N–H and O–H groups in total. The Morgan fingerprint density at radius 2 is 1.85 bits per heavy atom.